The zero-order valence-electron chi connectivity index (χ0n) is 18.3. The van der Waals surface area contributed by atoms with Gasteiger partial charge in [0.25, 0.3) is 0 Å². The van der Waals surface area contributed by atoms with Gasteiger partial charge in [-0.15, -0.1) is 16.8 Å². The second-order valence-corrected chi connectivity index (χ2v) is 9.03. The molecule has 0 saturated carbocycles. The molecule has 3 aromatic rings. The summed E-state index contributed by atoms with van der Waals surface area (Å²) in [4.78, 5) is 12.3. The van der Waals surface area contributed by atoms with Gasteiger partial charge in [-0.3, -0.25) is 4.79 Å². The number of carbonyl (C=O) groups excluding carboxylic acids is 1. The van der Waals surface area contributed by atoms with Crippen LogP contribution in [0.25, 0.3) is 0 Å². The number of thioether (sulfide) groups is 1. The highest BCUT2D eigenvalue weighted by molar-refractivity contribution is 7.99. The summed E-state index contributed by atoms with van der Waals surface area (Å²) in [5.41, 5.74) is -0.764. The molecule has 0 radical (unpaired) electrons. The largest absolute Gasteiger partial charge is 0.492 e. The summed E-state index contributed by atoms with van der Waals surface area (Å²) in [5.74, 6) is 0.712. The van der Waals surface area contributed by atoms with Gasteiger partial charge in [0.2, 0.25) is 5.91 Å². The molecule has 1 heterocycles. The second kappa shape index (κ2) is 12.3. The standard InChI is InChI=1S/C23H21Cl2F3N4O2S/c1-2-10-32-20(7-4-11-34-19-9-8-16(24)13-18(19)25)30-31-22(32)35-14-21(33)29-17-6-3-5-15(12-17)23(26,27)28/h2-3,5-6,8-9,12-13H,1,4,7,10-11,14H2,(H,29,33). The zero-order valence-corrected chi connectivity index (χ0v) is 20.6. The SMILES string of the molecule is C=CCn1c(CCCOc2ccc(Cl)cc2Cl)nnc1SCC(=O)Nc1cccc(C(F)(F)F)c1. The van der Waals surface area contributed by atoms with Crippen LogP contribution in [-0.2, 0) is 23.9 Å². The van der Waals surface area contributed by atoms with Crippen LogP contribution in [0.3, 0.4) is 0 Å². The number of ether oxygens (including phenoxy) is 1. The fourth-order valence-corrected chi connectivity index (χ4v) is 4.26. The number of hydrogen-bond acceptors (Lipinski definition) is 5. The number of halogens is 5. The number of amides is 1. The molecule has 0 bridgehead atoms. The van der Waals surface area contributed by atoms with E-state index >= 15 is 0 Å². The Morgan fingerprint density at radius 1 is 1.20 bits per heavy atom. The van der Waals surface area contributed by atoms with E-state index in [2.05, 4.69) is 22.1 Å². The molecule has 6 nitrogen and oxygen atoms in total. The van der Waals surface area contributed by atoms with Crippen molar-refractivity contribution in [1.82, 2.24) is 14.8 Å². The van der Waals surface area contributed by atoms with Gasteiger partial charge in [0.1, 0.15) is 11.6 Å². The van der Waals surface area contributed by atoms with Gasteiger partial charge in [-0.05, 0) is 42.8 Å². The topological polar surface area (TPSA) is 69.0 Å². The molecule has 0 spiro atoms. The van der Waals surface area contributed by atoms with E-state index in [-0.39, 0.29) is 11.4 Å². The van der Waals surface area contributed by atoms with Crippen molar-refractivity contribution in [3.63, 3.8) is 0 Å². The Morgan fingerprint density at radius 2 is 2.00 bits per heavy atom. The second-order valence-electron chi connectivity index (χ2n) is 7.24. The van der Waals surface area contributed by atoms with Gasteiger partial charge < -0.3 is 14.6 Å². The average Bonchev–Trinajstić information content (AvgIpc) is 3.18. The summed E-state index contributed by atoms with van der Waals surface area (Å²) in [6.45, 7) is 4.57. The quantitative estimate of drug-likeness (QED) is 0.169. The minimum absolute atomic E-state index is 0.0519. The molecule has 3 rings (SSSR count). The highest BCUT2D eigenvalue weighted by atomic mass is 35.5. The third-order valence-corrected chi connectivity index (χ3v) is 6.10. The number of benzene rings is 2. The highest BCUT2D eigenvalue weighted by Crippen LogP contribution is 2.31. The predicted molar refractivity (Wildman–Crippen MR) is 131 cm³/mol. The van der Waals surface area contributed by atoms with E-state index in [9.17, 15) is 18.0 Å². The summed E-state index contributed by atoms with van der Waals surface area (Å²) in [5, 5.41) is 12.3. The van der Waals surface area contributed by atoms with E-state index in [1.165, 1.54) is 12.1 Å². The summed E-state index contributed by atoms with van der Waals surface area (Å²) < 4.78 is 46.1. The molecule has 186 valence electrons. The van der Waals surface area contributed by atoms with Gasteiger partial charge >= 0.3 is 6.18 Å². The maximum absolute atomic E-state index is 12.9. The molecule has 1 amide bonds. The number of anilines is 1. The van der Waals surface area contributed by atoms with E-state index in [0.29, 0.717) is 52.8 Å². The van der Waals surface area contributed by atoms with Gasteiger partial charge in [-0.2, -0.15) is 13.2 Å². The number of carbonyl (C=O) groups is 1. The fraction of sp³-hybridized carbons (Fsp3) is 0.261. The minimum Gasteiger partial charge on any atom is -0.492 e. The van der Waals surface area contributed by atoms with Crippen molar-refractivity contribution in [1.29, 1.82) is 0 Å². The molecule has 0 fully saturated rings. The molecule has 0 saturated heterocycles. The number of rotatable bonds is 11. The molecule has 35 heavy (non-hydrogen) atoms. The van der Waals surface area contributed by atoms with Crippen LogP contribution in [0, 0.1) is 0 Å². The van der Waals surface area contributed by atoms with Crippen LogP contribution in [0.2, 0.25) is 10.0 Å². The van der Waals surface area contributed by atoms with Crippen molar-refractivity contribution in [3.8, 4) is 5.75 Å². The number of aromatic nitrogens is 3. The molecule has 1 N–H and O–H groups in total. The van der Waals surface area contributed by atoms with Crippen molar-refractivity contribution in [2.75, 3.05) is 17.7 Å². The summed E-state index contributed by atoms with van der Waals surface area (Å²) >= 11 is 13.1. The average molecular weight is 545 g/mol. The first kappa shape index (κ1) is 26.9. The fourth-order valence-electron chi connectivity index (χ4n) is 3.03. The summed E-state index contributed by atoms with van der Waals surface area (Å²) in [6.07, 6.45) is -1.61. The third-order valence-electron chi connectivity index (χ3n) is 4.61. The lowest BCUT2D eigenvalue weighted by molar-refractivity contribution is -0.137. The molecule has 0 aliphatic rings. The Hall–Kier alpha value is -2.69. The number of allylic oxidation sites excluding steroid dienone is 1. The molecule has 0 aliphatic carbocycles. The van der Waals surface area contributed by atoms with Crippen molar-refractivity contribution >= 4 is 46.6 Å². The third kappa shape index (κ3) is 7.91. The van der Waals surface area contributed by atoms with Gasteiger partial charge in [0, 0.05) is 23.7 Å². The molecule has 1 aromatic heterocycles. The molecule has 0 unspecified atom stereocenters. The van der Waals surface area contributed by atoms with Crippen LogP contribution in [0.5, 0.6) is 5.75 Å². The van der Waals surface area contributed by atoms with Crippen molar-refractivity contribution in [3.05, 3.63) is 76.6 Å². The Labute approximate surface area is 214 Å². The normalized spacial score (nSPS) is 11.3. The van der Waals surface area contributed by atoms with E-state index in [1.807, 2.05) is 4.57 Å². The Balaban J connectivity index is 1.54. The van der Waals surface area contributed by atoms with Crippen molar-refractivity contribution < 1.29 is 22.7 Å². The Kier molecular flexibility index (Phi) is 9.47. The number of aryl methyl sites for hydroxylation is 1. The number of alkyl halides is 3. The summed E-state index contributed by atoms with van der Waals surface area (Å²) in [7, 11) is 0. The molecular formula is C23H21Cl2F3N4O2S. The van der Waals surface area contributed by atoms with Crippen LogP contribution in [-0.4, -0.2) is 33.0 Å². The van der Waals surface area contributed by atoms with Crippen LogP contribution in [0.1, 0.15) is 17.8 Å². The lowest BCUT2D eigenvalue weighted by Gasteiger charge is -2.10. The maximum atomic E-state index is 12.9. The van der Waals surface area contributed by atoms with E-state index < -0.39 is 17.6 Å². The summed E-state index contributed by atoms with van der Waals surface area (Å²) in [6, 6.07) is 9.46. The highest BCUT2D eigenvalue weighted by Gasteiger charge is 2.30. The van der Waals surface area contributed by atoms with Crippen LogP contribution >= 0.6 is 35.0 Å². The lowest BCUT2D eigenvalue weighted by atomic mass is 10.2. The first-order valence-electron chi connectivity index (χ1n) is 10.4. The van der Waals surface area contributed by atoms with E-state index in [0.717, 1.165) is 23.9 Å². The van der Waals surface area contributed by atoms with Crippen molar-refractivity contribution in [2.24, 2.45) is 0 Å². The molecule has 2 aromatic carbocycles. The molecule has 0 atom stereocenters. The maximum Gasteiger partial charge on any atom is 0.416 e. The number of nitrogens with one attached hydrogen (secondary N) is 1. The molecule has 0 aliphatic heterocycles. The van der Waals surface area contributed by atoms with Crippen LogP contribution in [0.4, 0.5) is 18.9 Å². The first-order valence-corrected chi connectivity index (χ1v) is 12.1. The van der Waals surface area contributed by atoms with Gasteiger partial charge in [0.05, 0.1) is 22.9 Å². The van der Waals surface area contributed by atoms with Crippen LogP contribution < -0.4 is 10.1 Å². The lowest BCUT2D eigenvalue weighted by Crippen LogP contribution is -2.15. The molecular weight excluding hydrogens is 524 g/mol. The number of hydrogen-bond donors (Lipinski definition) is 1. The first-order chi connectivity index (χ1) is 16.7. The van der Waals surface area contributed by atoms with Gasteiger partial charge in [0.15, 0.2) is 5.16 Å². The monoisotopic (exact) mass is 544 g/mol. The smallest absolute Gasteiger partial charge is 0.416 e. The van der Waals surface area contributed by atoms with Crippen LogP contribution in [0.15, 0.2) is 60.3 Å². The van der Waals surface area contributed by atoms with Gasteiger partial charge in [-0.25, -0.2) is 0 Å². The van der Waals surface area contributed by atoms with Crippen molar-refractivity contribution in [2.45, 2.75) is 30.7 Å². The molecule has 12 heteroatoms. The minimum atomic E-state index is -4.49. The Morgan fingerprint density at radius 3 is 2.71 bits per heavy atom. The zero-order chi connectivity index (χ0) is 25.4. The van der Waals surface area contributed by atoms with E-state index in [4.69, 9.17) is 27.9 Å². The van der Waals surface area contributed by atoms with E-state index in [1.54, 1.807) is 24.3 Å². The predicted octanol–water partition coefficient (Wildman–Crippen LogP) is 6.53. The Bertz CT molecular complexity index is 1190. The van der Waals surface area contributed by atoms with Gasteiger partial charge in [-0.1, -0.05) is 47.1 Å². The number of nitrogens with zero attached hydrogens (tertiary/aromatic N) is 3.